The second kappa shape index (κ2) is 7.83. The van der Waals surface area contributed by atoms with E-state index in [1.54, 1.807) is 0 Å². The average molecular weight is 323 g/mol. The van der Waals surface area contributed by atoms with E-state index in [1.807, 2.05) is 0 Å². The third kappa shape index (κ3) is 4.17. The number of amides is 1. The highest BCUT2D eigenvalue weighted by molar-refractivity contribution is 5.95. The van der Waals surface area contributed by atoms with Gasteiger partial charge in [0, 0.05) is 11.6 Å². The van der Waals surface area contributed by atoms with Crippen LogP contribution in [0.5, 0.6) is 0 Å². The predicted molar refractivity (Wildman–Crippen MR) is 101 cm³/mol. The lowest BCUT2D eigenvalue weighted by Crippen LogP contribution is -2.16. The highest BCUT2D eigenvalue weighted by Gasteiger charge is 2.52. The predicted octanol–water partition coefficient (Wildman–Crippen LogP) is 5.57. The smallest absolute Gasteiger partial charge is 0.228 e. The third-order valence-electron chi connectivity index (χ3n) is 5.45. The van der Waals surface area contributed by atoms with E-state index in [1.165, 1.54) is 5.56 Å². The van der Waals surface area contributed by atoms with Gasteiger partial charge in [-0.05, 0) is 81.4 Å². The molecule has 1 unspecified atom stereocenters. The molecule has 0 aromatic heterocycles. The van der Waals surface area contributed by atoms with E-state index in [2.05, 4.69) is 61.7 Å². The van der Waals surface area contributed by atoms with Gasteiger partial charge in [0.25, 0.3) is 0 Å². The number of fused-ring (bicyclic) bond motifs is 1. The quantitative estimate of drug-likeness (QED) is 0.708. The Morgan fingerprint density at radius 2 is 1.50 bits per heavy atom. The summed E-state index contributed by atoms with van der Waals surface area (Å²) in [7, 11) is 0. The van der Waals surface area contributed by atoms with Gasteiger partial charge in [0.2, 0.25) is 5.91 Å². The highest BCUT2D eigenvalue weighted by Crippen LogP contribution is 2.52. The molecule has 128 valence electrons. The van der Waals surface area contributed by atoms with Gasteiger partial charge in [-0.1, -0.05) is 36.4 Å². The highest BCUT2D eigenvalue weighted by atomic mass is 16.2. The van der Waals surface area contributed by atoms with Crippen molar-refractivity contribution in [2.75, 3.05) is 5.32 Å². The van der Waals surface area contributed by atoms with Crippen molar-refractivity contribution < 1.29 is 4.79 Å². The maximum atomic E-state index is 12.8. The van der Waals surface area contributed by atoms with Gasteiger partial charge < -0.3 is 5.32 Å². The minimum Gasteiger partial charge on any atom is -0.326 e. The average Bonchev–Trinajstić information content (AvgIpc) is 3.23. The second-order valence-corrected chi connectivity index (χ2v) is 7.34. The lowest BCUT2D eigenvalue weighted by Gasteiger charge is -2.09. The molecule has 1 N–H and O–H groups in total. The number of carbonyl (C=O) groups is 1. The van der Waals surface area contributed by atoms with Gasteiger partial charge in [0.15, 0.2) is 0 Å². The van der Waals surface area contributed by atoms with Crippen LogP contribution < -0.4 is 5.32 Å². The van der Waals surface area contributed by atoms with Crippen LogP contribution >= 0.6 is 0 Å². The van der Waals surface area contributed by atoms with Gasteiger partial charge >= 0.3 is 0 Å². The van der Waals surface area contributed by atoms with Crippen molar-refractivity contribution in [2.24, 2.45) is 17.8 Å². The maximum Gasteiger partial charge on any atom is 0.228 e. The Morgan fingerprint density at radius 1 is 0.917 bits per heavy atom. The molecule has 1 aromatic carbocycles. The van der Waals surface area contributed by atoms with E-state index >= 15 is 0 Å². The third-order valence-corrected chi connectivity index (χ3v) is 5.45. The van der Waals surface area contributed by atoms with E-state index in [4.69, 9.17) is 0 Å². The fourth-order valence-electron chi connectivity index (χ4n) is 3.95. The van der Waals surface area contributed by atoms with Gasteiger partial charge in [-0.15, -0.1) is 0 Å². The fourth-order valence-corrected chi connectivity index (χ4v) is 3.95. The van der Waals surface area contributed by atoms with Crippen LogP contribution in [0.25, 0.3) is 0 Å². The number of benzene rings is 1. The molecule has 1 aromatic rings. The molecule has 24 heavy (non-hydrogen) atoms. The summed E-state index contributed by atoms with van der Waals surface area (Å²) in [5.41, 5.74) is 3.30. The van der Waals surface area contributed by atoms with E-state index in [9.17, 15) is 4.79 Å². The van der Waals surface area contributed by atoms with Crippen LogP contribution in [-0.4, -0.2) is 5.91 Å². The Labute approximate surface area is 146 Å². The lowest BCUT2D eigenvalue weighted by atomic mass is 10.1. The van der Waals surface area contributed by atoms with Crippen LogP contribution in [-0.2, 0) is 4.79 Å². The van der Waals surface area contributed by atoms with Gasteiger partial charge in [0.1, 0.15) is 0 Å². The number of aryl methyl sites for hydroxylation is 2. The molecule has 1 amide bonds. The zero-order chi connectivity index (χ0) is 16.9. The Hall–Kier alpha value is -1.83. The number of allylic oxidation sites excluding steroid dienone is 4. The largest absolute Gasteiger partial charge is 0.326 e. The van der Waals surface area contributed by atoms with Crippen LogP contribution in [0, 0.1) is 31.6 Å². The Morgan fingerprint density at radius 3 is 2.12 bits per heavy atom. The maximum absolute atomic E-state index is 12.8. The molecule has 0 bridgehead atoms. The summed E-state index contributed by atoms with van der Waals surface area (Å²) in [6.07, 6.45) is 16.0. The Bertz CT molecular complexity index is 619. The lowest BCUT2D eigenvalue weighted by molar-refractivity contribution is -0.117. The van der Waals surface area contributed by atoms with E-state index in [-0.39, 0.29) is 11.8 Å². The first-order chi connectivity index (χ1) is 11.7. The summed E-state index contributed by atoms with van der Waals surface area (Å²) in [6, 6.07) is 6.25. The van der Waals surface area contributed by atoms with Crippen molar-refractivity contribution in [1.29, 1.82) is 0 Å². The van der Waals surface area contributed by atoms with Crippen LogP contribution in [0.15, 0.2) is 42.5 Å². The Balaban J connectivity index is 1.65. The molecule has 2 aliphatic carbocycles. The summed E-state index contributed by atoms with van der Waals surface area (Å²) in [5, 5.41) is 3.19. The van der Waals surface area contributed by atoms with Crippen molar-refractivity contribution in [3.05, 3.63) is 53.6 Å². The van der Waals surface area contributed by atoms with Crippen LogP contribution in [0.3, 0.4) is 0 Å². The number of rotatable bonds is 2. The summed E-state index contributed by atoms with van der Waals surface area (Å²) in [4.78, 5) is 12.8. The van der Waals surface area contributed by atoms with Crippen LogP contribution in [0.2, 0.25) is 0 Å². The van der Waals surface area contributed by atoms with Gasteiger partial charge in [-0.25, -0.2) is 0 Å². The first-order valence-electron chi connectivity index (χ1n) is 9.35. The molecule has 0 aliphatic heterocycles. The van der Waals surface area contributed by atoms with E-state index < -0.39 is 0 Å². The number of anilines is 1. The zero-order valence-corrected chi connectivity index (χ0v) is 14.9. The molecular formula is C22H29NO. The van der Waals surface area contributed by atoms with Gasteiger partial charge in [-0.3, -0.25) is 4.79 Å². The molecule has 1 saturated carbocycles. The fraction of sp³-hybridized carbons (Fsp3) is 0.500. The van der Waals surface area contributed by atoms with E-state index in [0.717, 1.165) is 49.8 Å². The number of carbonyl (C=O) groups excluding carboxylic acids is 1. The first kappa shape index (κ1) is 17.0. The van der Waals surface area contributed by atoms with Crippen molar-refractivity contribution in [3.8, 4) is 0 Å². The molecule has 3 atom stereocenters. The summed E-state index contributed by atoms with van der Waals surface area (Å²) < 4.78 is 0. The van der Waals surface area contributed by atoms with Crippen molar-refractivity contribution in [1.82, 2.24) is 0 Å². The zero-order valence-electron chi connectivity index (χ0n) is 14.9. The normalized spacial score (nSPS) is 29.5. The van der Waals surface area contributed by atoms with E-state index in [0.29, 0.717) is 11.8 Å². The molecule has 0 spiro atoms. The van der Waals surface area contributed by atoms with Crippen molar-refractivity contribution >= 4 is 11.6 Å². The number of hydrogen-bond acceptors (Lipinski definition) is 1. The summed E-state index contributed by atoms with van der Waals surface area (Å²) >= 11 is 0. The summed E-state index contributed by atoms with van der Waals surface area (Å²) in [5.74, 6) is 1.55. The molecule has 2 aliphatic rings. The van der Waals surface area contributed by atoms with Crippen molar-refractivity contribution in [2.45, 2.75) is 52.4 Å². The molecule has 0 radical (unpaired) electrons. The molecule has 3 rings (SSSR count). The minimum atomic E-state index is 0.201. The topological polar surface area (TPSA) is 29.1 Å². The van der Waals surface area contributed by atoms with Gasteiger partial charge in [-0.2, -0.15) is 0 Å². The Kier molecular flexibility index (Phi) is 5.55. The van der Waals surface area contributed by atoms with Gasteiger partial charge in [0.05, 0.1) is 0 Å². The second-order valence-electron chi connectivity index (χ2n) is 7.34. The number of nitrogens with one attached hydrogen (secondary N) is 1. The minimum absolute atomic E-state index is 0.201. The van der Waals surface area contributed by atoms with Crippen molar-refractivity contribution in [3.63, 3.8) is 0 Å². The van der Waals surface area contributed by atoms with Crippen LogP contribution in [0.4, 0.5) is 5.69 Å². The molecule has 0 heterocycles. The molecule has 2 nitrogen and oxygen atoms in total. The molecular weight excluding hydrogens is 294 g/mol. The summed E-state index contributed by atoms with van der Waals surface area (Å²) in [6.45, 7) is 4.12. The first-order valence-corrected chi connectivity index (χ1v) is 9.35. The number of hydrogen-bond donors (Lipinski definition) is 1. The SMILES string of the molecule is Cc1ccc(C)c(NC(=O)C2[C@H]3CC/C=C\CC/C=C\CC[C@@H]23)c1. The van der Waals surface area contributed by atoms with Crippen LogP contribution in [0.1, 0.15) is 49.7 Å². The molecule has 2 heteroatoms. The standard InChI is InChI=1S/C22H29NO/c1-16-13-14-17(2)20(15-16)23-22(24)21-18-11-9-7-5-3-4-6-8-10-12-19(18)21/h5-8,13-15,18-19,21H,3-4,9-12H2,1-2H3,(H,23,24)/b7-5-,8-6-/t18-,19+,21?. The monoisotopic (exact) mass is 323 g/mol. The molecule has 0 saturated heterocycles. The molecule has 1 fully saturated rings.